The number of rotatable bonds is 7. The molecule has 9 nitrogen and oxygen atoms in total. The zero-order chi connectivity index (χ0) is 25.1. The van der Waals surface area contributed by atoms with E-state index in [-0.39, 0.29) is 30.3 Å². The smallest absolute Gasteiger partial charge is 0.410 e. The van der Waals surface area contributed by atoms with Crippen LogP contribution < -0.4 is 10.1 Å². The third-order valence-electron chi connectivity index (χ3n) is 6.86. The Hall–Kier alpha value is -2.88. The van der Waals surface area contributed by atoms with Crippen LogP contribution in [0, 0.1) is 0 Å². The van der Waals surface area contributed by atoms with Gasteiger partial charge in [-0.1, -0.05) is 23.7 Å². The van der Waals surface area contributed by atoms with Crippen molar-refractivity contribution in [2.75, 3.05) is 32.8 Å². The molecule has 1 unspecified atom stereocenters. The molecular formula is C26H31ClN4O5. The lowest BCUT2D eigenvalue weighted by Gasteiger charge is -2.34. The number of nitrogens with zero attached hydrogens (tertiary/aromatic N) is 3. The van der Waals surface area contributed by atoms with Gasteiger partial charge < -0.3 is 24.4 Å². The summed E-state index contributed by atoms with van der Waals surface area (Å²) < 4.78 is 17.3. The SMILES string of the molecule is CC1CN(Cc2cnc(C(=O)NCc3ccc(Cl)cc3)cc2O[C@H]2CCN3C(=O)OC[C@@H]3C2)CCO1. The van der Waals surface area contributed by atoms with Crippen LogP contribution in [0.3, 0.4) is 0 Å². The highest BCUT2D eigenvalue weighted by atomic mass is 35.5. The first-order valence-electron chi connectivity index (χ1n) is 12.4. The molecule has 3 aliphatic heterocycles. The molecule has 4 heterocycles. The minimum absolute atomic E-state index is 0.0313. The number of morpholine rings is 1. The van der Waals surface area contributed by atoms with Crippen LogP contribution in [0.5, 0.6) is 5.75 Å². The first-order chi connectivity index (χ1) is 17.4. The molecule has 3 saturated heterocycles. The number of aromatic nitrogens is 1. The summed E-state index contributed by atoms with van der Waals surface area (Å²) in [6.45, 7) is 6.42. The molecule has 192 valence electrons. The highest BCUT2D eigenvalue weighted by Crippen LogP contribution is 2.29. The Morgan fingerprint density at radius 1 is 1.28 bits per heavy atom. The molecule has 0 radical (unpaired) electrons. The number of ether oxygens (including phenoxy) is 3. The van der Waals surface area contributed by atoms with Crippen LogP contribution in [0.15, 0.2) is 36.5 Å². The van der Waals surface area contributed by atoms with Gasteiger partial charge in [-0.25, -0.2) is 4.79 Å². The van der Waals surface area contributed by atoms with Crippen LogP contribution in [0.4, 0.5) is 4.79 Å². The Labute approximate surface area is 215 Å². The van der Waals surface area contributed by atoms with Crippen molar-refractivity contribution in [3.8, 4) is 5.75 Å². The molecule has 1 N–H and O–H groups in total. The fourth-order valence-corrected chi connectivity index (χ4v) is 5.04. The number of pyridine rings is 1. The van der Waals surface area contributed by atoms with Gasteiger partial charge in [0.05, 0.1) is 18.8 Å². The first kappa shape index (κ1) is 24.8. The van der Waals surface area contributed by atoms with Gasteiger partial charge in [0.25, 0.3) is 5.91 Å². The number of benzene rings is 1. The average molecular weight is 515 g/mol. The van der Waals surface area contributed by atoms with Gasteiger partial charge in [-0.05, 0) is 24.6 Å². The van der Waals surface area contributed by atoms with Gasteiger partial charge in [-0.15, -0.1) is 0 Å². The summed E-state index contributed by atoms with van der Waals surface area (Å²) in [7, 11) is 0. The summed E-state index contributed by atoms with van der Waals surface area (Å²) in [5, 5.41) is 3.57. The van der Waals surface area contributed by atoms with E-state index in [2.05, 4.69) is 22.1 Å². The first-order valence-corrected chi connectivity index (χ1v) is 12.8. The van der Waals surface area contributed by atoms with Crippen molar-refractivity contribution in [1.82, 2.24) is 20.1 Å². The summed E-state index contributed by atoms with van der Waals surface area (Å²) >= 11 is 5.95. The summed E-state index contributed by atoms with van der Waals surface area (Å²) in [4.78, 5) is 33.3. The van der Waals surface area contributed by atoms with Gasteiger partial charge in [0.15, 0.2) is 0 Å². The van der Waals surface area contributed by atoms with Gasteiger partial charge in [-0.3, -0.25) is 14.7 Å². The van der Waals surface area contributed by atoms with Gasteiger partial charge in [0, 0.05) is 68.4 Å². The van der Waals surface area contributed by atoms with E-state index in [9.17, 15) is 9.59 Å². The number of carbonyl (C=O) groups is 2. The topological polar surface area (TPSA) is 93.2 Å². The Morgan fingerprint density at radius 3 is 2.92 bits per heavy atom. The average Bonchev–Trinajstić information content (AvgIpc) is 3.24. The van der Waals surface area contributed by atoms with Crippen molar-refractivity contribution in [3.05, 3.63) is 58.4 Å². The van der Waals surface area contributed by atoms with Gasteiger partial charge in [0.2, 0.25) is 0 Å². The lowest BCUT2D eigenvalue weighted by atomic mass is 10.0. The second kappa shape index (κ2) is 11.0. The zero-order valence-electron chi connectivity index (χ0n) is 20.3. The van der Waals surface area contributed by atoms with Crippen LogP contribution in [0.1, 0.15) is 41.4 Å². The van der Waals surface area contributed by atoms with Crippen molar-refractivity contribution in [1.29, 1.82) is 0 Å². The highest BCUT2D eigenvalue weighted by Gasteiger charge is 2.39. The van der Waals surface area contributed by atoms with Gasteiger partial charge in [-0.2, -0.15) is 0 Å². The van der Waals surface area contributed by atoms with Gasteiger partial charge in [0.1, 0.15) is 24.2 Å². The monoisotopic (exact) mass is 514 g/mol. The molecule has 3 atom stereocenters. The van der Waals surface area contributed by atoms with E-state index in [4.69, 9.17) is 25.8 Å². The Bertz CT molecular complexity index is 1100. The molecular weight excluding hydrogens is 484 g/mol. The fraction of sp³-hybridized carbons (Fsp3) is 0.500. The molecule has 3 fully saturated rings. The molecule has 10 heteroatoms. The summed E-state index contributed by atoms with van der Waals surface area (Å²) in [6.07, 6.45) is 2.99. The van der Waals surface area contributed by atoms with Crippen molar-refractivity contribution in [3.63, 3.8) is 0 Å². The highest BCUT2D eigenvalue weighted by molar-refractivity contribution is 6.30. The van der Waals surface area contributed by atoms with Crippen LogP contribution in [0.2, 0.25) is 5.02 Å². The Kier molecular flexibility index (Phi) is 7.59. The van der Waals surface area contributed by atoms with E-state index >= 15 is 0 Å². The lowest BCUT2D eigenvalue weighted by Crippen LogP contribution is -2.44. The number of amides is 2. The predicted molar refractivity (Wildman–Crippen MR) is 133 cm³/mol. The molecule has 1 aromatic heterocycles. The molecule has 3 aliphatic rings. The number of nitrogens with one attached hydrogen (secondary N) is 1. The number of halogens is 1. The quantitative estimate of drug-likeness (QED) is 0.606. The summed E-state index contributed by atoms with van der Waals surface area (Å²) in [5.74, 6) is 0.385. The van der Waals surface area contributed by atoms with Crippen molar-refractivity contribution in [2.24, 2.45) is 0 Å². The minimum atomic E-state index is -0.272. The van der Waals surface area contributed by atoms with E-state index < -0.39 is 0 Å². The van der Waals surface area contributed by atoms with Crippen molar-refractivity contribution in [2.45, 2.75) is 51.1 Å². The van der Waals surface area contributed by atoms with E-state index in [0.29, 0.717) is 62.2 Å². The van der Waals surface area contributed by atoms with Crippen LogP contribution in [-0.4, -0.2) is 77.9 Å². The van der Waals surface area contributed by atoms with Crippen molar-refractivity contribution >= 4 is 23.6 Å². The number of fused-ring (bicyclic) bond motifs is 1. The number of cyclic esters (lactones) is 1. The molecule has 0 bridgehead atoms. The standard InChI is InChI=1S/C26H31ClN4O5/c1-17-14-30(8-9-34-17)15-19-13-28-23(25(32)29-12-18-2-4-20(27)5-3-18)11-24(19)36-22-6-7-31-21(10-22)16-35-26(31)33/h2-5,11,13,17,21-22H,6-10,12,14-16H2,1H3,(H,29,32)/t17?,21-,22-/m0/s1. The zero-order valence-corrected chi connectivity index (χ0v) is 21.1. The lowest BCUT2D eigenvalue weighted by molar-refractivity contribution is -0.0216. The number of hydrogen-bond donors (Lipinski definition) is 1. The molecule has 0 saturated carbocycles. The molecule has 1 aromatic carbocycles. The Balaban J connectivity index is 1.30. The van der Waals surface area contributed by atoms with Crippen LogP contribution in [0.25, 0.3) is 0 Å². The van der Waals surface area contributed by atoms with E-state index in [1.54, 1.807) is 29.3 Å². The van der Waals surface area contributed by atoms with Crippen LogP contribution >= 0.6 is 11.6 Å². The summed E-state index contributed by atoms with van der Waals surface area (Å²) in [5.41, 5.74) is 2.18. The normalized spacial score (nSPS) is 24.2. The Morgan fingerprint density at radius 2 is 2.11 bits per heavy atom. The summed E-state index contributed by atoms with van der Waals surface area (Å²) in [6, 6.07) is 9.11. The van der Waals surface area contributed by atoms with E-state index in [1.807, 2.05) is 12.1 Å². The number of piperidine rings is 1. The van der Waals surface area contributed by atoms with Gasteiger partial charge >= 0.3 is 6.09 Å². The molecule has 0 spiro atoms. The van der Waals surface area contributed by atoms with E-state index in [0.717, 1.165) is 24.2 Å². The van der Waals surface area contributed by atoms with E-state index in [1.165, 1.54) is 0 Å². The fourth-order valence-electron chi connectivity index (χ4n) is 4.92. The second-order valence-corrected chi connectivity index (χ2v) is 10.0. The number of hydrogen-bond acceptors (Lipinski definition) is 7. The third-order valence-corrected chi connectivity index (χ3v) is 7.11. The molecule has 0 aliphatic carbocycles. The maximum absolute atomic E-state index is 12.9. The molecule has 36 heavy (non-hydrogen) atoms. The minimum Gasteiger partial charge on any atom is -0.490 e. The number of carbonyl (C=O) groups excluding carboxylic acids is 2. The molecule has 2 amide bonds. The van der Waals surface area contributed by atoms with Crippen LogP contribution in [-0.2, 0) is 22.6 Å². The predicted octanol–water partition coefficient (Wildman–Crippen LogP) is 3.25. The largest absolute Gasteiger partial charge is 0.490 e. The maximum Gasteiger partial charge on any atom is 0.410 e. The third kappa shape index (κ3) is 5.91. The van der Waals surface area contributed by atoms with Crippen molar-refractivity contribution < 1.29 is 23.8 Å². The molecule has 2 aromatic rings. The second-order valence-electron chi connectivity index (χ2n) is 9.59. The maximum atomic E-state index is 12.9. The molecule has 5 rings (SSSR count).